The Morgan fingerprint density at radius 1 is 1.19 bits per heavy atom. The molecule has 0 unspecified atom stereocenters. The second-order valence-corrected chi connectivity index (χ2v) is 5.18. The molecule has 2 rings (SSSR count). The average Bonchev–Trinajstić information content (AvgIpc) is 3.00. The van der Waals surface area contributed by atoms with Gasteiger partial charge in [-0.25, -0.2) is 4.98 Å². The number of carbonyl (C=O) groups is 1. The molecule has 0 aliphatic heterocycles. The van der Waals surface area contributed by atoms with Crippen LogP contribution in [0.2, 0.25) is 0 Å². The Labute approximate surface area is 127 Å². The molecule has 0 atom stereocenters. The lowest BCUT2D eigenvalue weighted by Gasteiger charge is -2.05. The highest BCUT2D eigenvalue weighted by atomic mass is 32.1. The number of hydrogen-bond donors (Lipinski definition) is 1. The van der Waals surface area contributed by atoms with Crippen LogP contribution in [-0.2, 0) is 0 Å². The number of amides is 1. The molecular formula is C15H16N2O3S. The molecule has 0 aliphatic carbocycles. The molecule has 1 heterocycles. The molecule has 0 aliphatic rings. The summed E-state index contributed by atoms with van der Waals surface area (Å²) in [6, 6.07) is 5.60. The van der Waals surface area contributed by atoms with Gasteiger partial charge in [0.25, 0.3) is 5.91 Å². The monoisotopic (exact) mass is 304 g/mol. The smallest absolute Gasteiger partial charge is 0.262 e. The van der Waals surface area contributed by atoms with Crippen molar-refractivity contribution < 1.29 is 14.3 Å². The third-order valence-corrected chi connectivity index (χ3v) is 3.73. The number of methoxy groups -OCH3 is 2. The summed E-state index contributed by atoms with van der Waals surface area (Å²) in [5, 5.41) is 3.33. The summed E-state index contributed by atoms with van der Waals surface area (Å²) in [5.74, 6) is 1.31. The maximum absolute atomic E-state index is 11.5. The fourth-order valence-electron chi connectivity index (χ4n) is 1.69. The Morgan fingerprint density at radius 2 is 1.86 bits per heavy atom. The minimum atomic E-state index is -0.129. The molecule has 0 bridgehead atoms. The van der Waals surface area contributed by atoms with Gasteiger partial charge in [0.05, 0.1) is 20.4 Å². The van der Waals surface area contributed by atoms with E-state index in [2.05, 4.69) is 10.3 Å². The van der Waals surface area contributed by atoms with E-state index in [1.165, 1.54) is 11.3 Å². The number of nitrogens with zero attached hydrogens (tertiary/aromatic N) is 1. The van der Waals surface area contributed by atoms with Crippen molar-refractivity contribution in [3.8, 4) is 11.5 Å². The van der Waals surface area contributed by atoms with Crippen LogP contribution in [0.15, 0.2) is 24.4 Å². The van der Waals surface area contributed by atoms with Gasteiger partial charge < -0.3 is 14.8 Å². The normalized spacial score (nSPS) is 10.6. The summed E-state index contributed by atoms with van der Waals surface area (Å²) in [5.41, 5.74) is 0.933. The first-order valence-electron chi connectivity index (χ1n) is 6.25. The molecule has 0 fully saturated rings. The van der Waals surface area contributed by atoms with Crippen LogP contribution in [-0.4, -0.2) is 32.2 Å². The Balaban J connectivity index is 2.20. The summed E-state index contributed by atoms with van der Waals surface area (Å²) in [7, 11) is 4.82. The van der Waals surface area contributed by atoms with Gasteiger partial charge >= 0.3 is 0 Å². The minimum Gasteiger partial charge on any atom is -0.497 e. The summed E-state index contributed by atoms with van der Waals surface area (Å²) in [6.45, 7) is 0. The van der Waals surface area contributed by atoms with Gasteiger partial charge in [-0.15, -0.1) is 11.3 Å². The predicted octanol–water partition coefficient (Wildman–Crippen LogP) is 2.69. The predicted molar refractivity (Wildman–Crippen MR) is 84.0 cm³/mol. The van der Waals surface area contributed by atoms with Crippen molar-refractivity contribution >= 4 is 29.4 Å². The highest BCUT2D eigenvalue weighted by molar-refractivity contribution is 7.14. The van der Waals surface area contributed by atoms with E-state index < -0.39 is 0 Å². The van der Waals surface area contributed by atoms with Gasteiger partial charge in [0, 0.05) is 13.1 Å². The standard InChI is InChI=1S/C15H16N2O3S/c1-16-15(18)13-9-17-14(21-13)5-4-10-6-11(19-2)8-12(7-10)20-3/h4-9H,1-3H3,(H,16,18). The van der Waals surface area contributed by atoms with Crippen LogP contribution >= 0.6 is 11.3 Å². The van der Waals surface area contributed by atoms with E-state index in [9.17, 15) is 4.79 Å². The lowest BCUT2D eigenvalue weighted by Crippen LogP contribution is -2.16. The first-order valence-corrected chi connectivity index (χ1v) is 7.07. The largest absolute Gasteiger partial charge is 0.497 e. The SMILES string of the molecule is CNC(=O)c1cnc(C=Cc2cc(OC)cc(OC)c2)s1. The molecule has 0 radical (unpaired) electrons. The van der Waals surface area contributed by atoms with Crippen LogP contribution in [0.5, 0.6) is 11.5 Å². The minimum absolute atomic E-state index is 0.129. The molecule has 1 N–H and O–H groups in total. The number of thiazole rings is 1. The summed E-state index contributed by atoms with van der Waals surface area (Å²) in [4.78, 5) is 16.2. The molecule has 0 saturated heterocycles. The number of aromatic nitrogens is 1. The van der Waals surface area contributed by atoms with Crippen LogP contribution in [0.4, 0.5) is 0 Å². The van der Waals surface area contributed by atoms with E-state index in [1.807, 2.05) is 30.4 Å². The van der Waals surface area contributed by atoms with Crippen molar-refractivity contribution in [3.05, 3.63) is 39.8 Å². The Hall–Kier alpha value is -2.34. The Bertz CT molecular complexity index is 642. The van der Waals surface area contributed by atoms with Crippen molar-refractivity contribution in [2.24, 2.45) is 0 Å². The van der Waals surface area contributed by atoms with E-state index in [0.717, 1.165) is 22.1 Å². The summed E-state index contributed by atoms with van der Waals surface area (Å²) < 4.78 is 10.4. The highest BCUT2D eigenvalue weighted by Crippen LogP contribution is 2.24. The first-order chi connectivity index (χ1) is 10.2. The topological polar surface area (TPSA) is 60.5 Å². The quantitative estimate of drug-likeness (QED) is 0.922. The fraction of sp³-hybridized carbons (Fsp3) is 0.200. The van der Waals surface area contributed by atoms with Gasteiger partial charge in [-0.1, -0.05) is 6.08 Å². The maximum atomic E-state index is 11.5. The molecule has 5 nitrogen and oxygen atoms in total. The van der Waals surface area contributed by atoms with Crippen molar-refractivity contribution in [3.63, 3.8) is 0 Å². The van der Waals surface area contributed by atoms with Crippen molar-refractivity contribution in [1.29, 1.82) is 0 Å². The molecule has 1 aromatic carbocycles. The number of carbonyl (C=O) groups excluding carboxylic acids is 1. The lowest BCUT2D eigenvalue weighted by molar-refractivity contribution is 0.0967. The summed E-state index contributed by atoms with van der Waals surface area (Å²) >= 11 is 1.33. The van der Waals surface area contributed by atoms with Crippen molar-refractivity contribution in [2.45, 2.75) is 0 Å². The molecule has 2 aromatic rings. The van der Waals surface area contributed by atoms with Crippen molar-refractivity contribution in [1.82, 2.24) is 10.3 Å². The number of nitrogens with one attached hydrogen (secondary N) is 1. The van der Waals surface area contributed by atoms with Crippen LogP contribution in [0, 0.1) is 0 Å². The second-order valence-electron chi connectivity index (χ2n) is 4.12. The summed E-state index contributed by atoms with van der Waals surface area (Å²) in [6.07, 6.45) is 5.32. The molecule has 1 amide bonds. The van der Waals surface area contributed by atoms with E-state index in [1.54, 1.807) is 27.5 Å². The number of rotatable bonds is 5. The molecular weight excluding hydrogens is 288 g/mol. The van der Waals surface area contributed by atoms with Crippen LogP contribution in [0.25, 0.3) is 12.2 Å². The van der Waals surface area contributed by atoms with E-state index in [0.29, 0.717) is 4.88 Å². The molecule has 6 heteroatoms. The Morgan fingerprint density at radius 3 is 2.43 bits per heavy atom. The number of ether oxygens (including phenoxy) is 2. The van der Waals surface area contributed by atoms with Gasteiger partial charge in [0.1, 0.15) is 21.4 Å². The first kappa shape index (κ1) is 15.1. The van der Waals surface area contributed by atoms with Gasteiger partial charge in [-0.2, -0.15) is 0 Å². The van der Waals surface area contributed by atoms with Crippen molar-refractivity contribution in [2.75, 3.05) is 21.3 Å². The van der Waals surface area contributed by atoms with E-state index in [4.69, 9.17) is 9.47 Å². The third kappa shape index (κ3) is 3.82. The zero-order chi connectivity index (χ0) is 15.2. The lowest BCUT2D eigenvalue weighted by atomic mass is 10.2. The molecule has 1 aromatic heterocycles. The maximum Gasteiger partial charge on any atom is 0.262 e. The molecule has 0 saturated carbocycles. The average molecular weight is 304 g/mol. The zero-order valence-electron chi connectivity index (χ0n) is 12.0. The molecule has 110 valence electrons. The van der Waals surface area contributed by atoms with Crippen LogP contribution in [0.3, 0.4) is 0 Å². The van der Waals surface area contributed by atoms with Gasteiger partial charge in [0.2, 0.25) is 0 Å². The van der Waals surface area contributed by atoms with Crippen LogP contribution in [0.1, 0.15) is 20.2 Å². The Kier molecular flexibility index (Phi) is 4.94. The van der Waals surface area contributed by atoms with E-state index in [-0.39, 0.29) is 5.91 Å². The third-order valence-electron chi connectivity index (χ3n) is 2.77. The second kappa shape index (κ2) is 6.90. The molecule has 21 heavy (non-hydrogen) atoms. The highest BCUT2D eigenvalue weighted by Gasteiger charge is 2.06. The van der Waals surface area contributed by atoms with Crippen LogP contribution < -0.4 is 14.8 Å². The fourth-order valence-corrected chi connectivity index (χ4v) is 2.45. The number of benzene rings is 1. The van der Waals surface area contributed by atoms with E-state index >= 15 is 0 Å². The van der Waals surface area contributed by atoms with Gasteiger partial charge in [-0.05, 0) is 23.8 Å². The van der Waals surface area contributed by atoms with Gasteiger partial charge in [-0.3, -0.25) is 4.79 Å². The number of hydrogen-bond acceptors (Lipinski definition) is 5. The zero-order valence-corrected chi connectivity index (χ0v) is 12.9. The van der Waals surface area contributed by atoms with Gasteiger partial charge in [0.15, 0.2) is 0 Å². The molecule has 0 spiro atoms.